The summed E-state index contributed by atoms with van der Waals surface area (Å²) in [6.45, 7) is 1.67. The Hall–Kier alpha value is -0.620. The van der Waals surface area contributed by atoms with E-state index in [0.29, 0.717) is 0 Å². The number of hydrogen-bond acceptors (Lipinski definition) is 3. The number of ketones is 1. The summed E-state index contributed by atoms with van der Waals surface area (Å²) >= 11 is 0. The first-order valence-electron chi connectivity index (χ1n) is 3.73. The molecule has 13 heavy (non-hydrogen) atoms. The molecule has 0 spiro atoms. The first kappa shape index (κ1) is 12.4. The molecule has 3 nitrogen and oxygen atoms in total. The molecule has 1 N–H and O–H groups in total. The van der Waals surface area contributed by atoms with Crippen molar-refractivity contribution in [3.8, 4) is 0 Å². The highest BCUT2D eigenvalue weighted by Gasteiger charge is 2.38. The SMILES string of the molecule is CCOCC(O)CC(=O)C(F)(F)F. The van der Waals surface area contributed by atoms with Crippen molar-refractivity contribution in [3.05, 3.63) is 0 Å². The van der Waals surface area contributed by atoms with E-state index in [1.165, 1.54) is 0 Å². The molecule has 0 radical (unpaired) electrons. The van der Waals surface area contributed by atoms with Gasteiger partial charge in [-0.15, -0.1) is 0 Å². The van der Waals surface area contributed by atoms with Gasteiger partial charge in [-0.25, -0.2) is 0 Å². The predicted octanol–water partition coefficient (Wildman–Crippen LogP) is 0.905. The molecule has 0 fully saturated rings. The first-order valence-corrected chi connectivity index (χ1v) is 3.73. The van der Waals surface area contributed by atoms with E-state index in [0.717, 1.165) is 0 Å². The van der Waals surface area contributed by atoms with Gasteiger partial charge in [-0.2, -0.15) is 13.2 Å². The fourth-order valence-electron chi connectivity index (χ4n) is 0.643. The molecule has 0 amide bonds. The van der Waals surface area contributed by atoms with Crippen LogP contribution in [0.2, 0.25) is 0 Å². The number of alkyl halides is 3. The van der Waals surface area contributed by atoms with E-state index in [4.69, 9.17) is 5.11 Å². The van der Waals surface area contributed by atoms with Crippen molar-refractivity contribution in [3.63, 3.8) is 0 Å². The van der Waals surface area contributed by atoms with Crippen LogP contribution in [-0.4, -0.2) is 36.4 Å². The highest BCUT2D eigenvalue weighted by atomic mass is 19.4. The Morgan fingerprint density at radius 1 is 1.54 bits per heavy atom. The summed E-state index contributed by atoms with van der Waals surface area (Å²) in [5, 5.41) is 8.87. The lowest BCUT2D eigenvalue weighted by molar-refractivity contribution is -0.173. The van der Waals surface area contributed by atoms with Gasteiger partial charge in [-0.3, -0.25) is 4.79 Å². The molecule has 0 aliphatic heterocycles. The van der Waals surface area contributed by atoms with Crippen LogP contribution in [0.3, 0.4) is 0 Å². The van der Waals surface area contributed by atoms with E-state index in [-0.39, 0.29) is 13.2 Å². The molecule has 0 aliphatic carbocycles. The average Bonchev–Trinajstić information content (AvgIpc) is 1.99. The van der Waals surface area contributed by atoms with E-state index in [1.807, 2.05) is 0 Å². The molecule has 0 rings (SSSR count). The Labute approximate surface area is 73.5 Å². The van der Waals surface area contributed by atoms with Crippen molar-refractivity contribution in [2.75, 3.05) is 13.2 Å². The molecule has 0 aromatic rings. The number of hydrogen-bond donors (Lipinski definition) is 1. The molecule has 78 valence electrons. The van der Waals surface area contributed by atoms with Crippen LogP contribution in [0.15, 0.2) is 0 Å². The maximum atomic E-state index is 11.6. The third-order valence-corrected chi connectivity index (χ3v) is 1.25. The lowest BCUT2D eigenvalue weighted by Gasteiger charge is -2.10. The van der Waals surface area contributed by atoms with Gasteiger partial charge in [0, 0.05) is 13.0 Å². The van der Waals surface area contributed by atoms with Crippen molar-refractivity contribution in [1.29, 1.82) is 0 Å². The zero-order valence-corrected chi connectivity index (χ0v) is 7.10. The topological polar surface area (TPSA) is 46.5 Å². The first-order chi connectivity index (χ1) is 5.88. The van der Waals surface area contributed by atoms with Gasteiger partial charge in [0.1, 0.15) is 0 Å². The Morgan fingerprint density at radius 2 is 2.08 bits per heavy atom. The molecular formula is C7H11F3O3. The molecular weight excluding hydrogens is 189 g/mol. The maximum Gasteiger partial charge on any atom is 0.450 e. The number of halogens is 3. The highest BCUT2D eigenvalue weighted by Crippen LogP contribution is 2.18. The quantitative estimate of drug-likeness (QED) is 0.717. The summed E-state index contributed by atoms with van der Waals surface area (Å²) in [4.78, 5) is 10.3. The minimum atomic E-state index is -4.87. The molecule has 0 heterocycles. The zero-order chi connectivity index (χ0) is 10.5. The monoisotopic (exact) mass is 200 g/mol. The standard InChI is InChI=1S/C7H11F3O3/c1-2-13-4-5(11)3-6(12)7(8,9)10/h5,11H,2-4H2,1H3. The fraction of sp³-hybridized carbons (Fsp3) is 0.857. The highest BCUT2D eigenvalue weighted by molar-refractivity contribution is 5.84. The zero-order valence-electron chi connectivity index (χ0n) is 7.10. The van der Waals surface area contributed by atoms with Crippen LogP contribution < -0.4 is 0 Å². The van der Waals surface area contributed by atoms with E-state index < -0.39 is 24.5 Å². The van der Waals surface area contributed by atoms with Gasteiger partial charge in [0.2, 0.25) is 5.78 Å². The summed E-state index contributed by atoms with van der Waals surface area (Å²) in [7, 11) is 0. The average molecular weight is 200 g/mol. The van der Waals surface area contributed by atoms with Gasteiger partial charge in [0.15, 0.2) is 0 Å². The number of Topliss-reactive ketones (excluding diaryl/α,β-unsaturated/α-hetero) is 1. The third kappa shape index (κ3) is 5.59. The van der Waals surface area contributed by atoms with Gasteiger partial charge in [0.05, 0.1) is 12.7 Å². The number of rotatable bonds is 5. The summed E-state index contributed by atoms with van der Waals surface area (Å²) in [5.41, 5.74) is 0. The minimum Gasteiger partial charge on any atom is -0.390 e. The van der Waals surface area contributed by atoms with Crippen LogP contribution in [0.1, 0.15) is 13.3 Å². The number of carbonyl (C=O) groups is 1. The Kier molecular flexibility index (Phi) is 4.94. The van der Waals surface area contributed by atoms with Crippen LogP contribution in [0.4, 0.5) is 13.2 Å². The Balaban J connectivity index is 3.79. The second-order valence-corrected chi connectivity index (χ2v) is 2.44. The fourth-order valence-corrected chi connectivity index (χ4v) is 0.643. The lowest BCUT2D eigenvalue weighted by Crippen LogP contribution is -2.29. The smallest absolute Gasteiger partial charge is 0.390 e. The normalized spacial score (nSPS) is 14.2. The molecule has 0 bridgehead atoms. The van der Waals surface area contributed by atoms with Crippen LogP contribution in [0, 0.1) is 0 Å². The predicted molar refractivity (Wildman–Crippen MR) is 38.2 cm³/mol. The van der Waals surface area contributed by atoms with Crippen LogP contribution >= 0.6 is 0 Å². The van der Waals surface area contributed by atoms with Crippen molar-refractivity contribution >= 4 is 5.78 Å². The van der Waals surface area contributed by atoms with Gasteiger partial charge in [0.25, 0.3) is 0 Å². The van der Waals surface area contributed by atoms with Crippen molar-refractivity contribution in [2.45, 2.75) is 25.6 Å². The number of ether oxygens (including phenoxy) is 1. The van der Waals surface area contributed by atoms with E-state index in [2.05, 4.69) is 4.74 Å². The van der Waals surface area contributed by atoms with Crippen LogP contribution in [0.5, 0.6) is 0 Å². The van der Waals surface area contributed by atoms with Gasteiger partial charge in [-0.05, 0) is 6.92 Å². The summed E-state index contributed by atoms with van der Waals surface area (Å²) in [6, 6.07) is 0. The molecule has 1 atom stereocenters. The number of aliphatic hydroxyl groups is 1. The van der Waals surface area contributed by atoms with Crippen molar-refractivity contribution in [2.24, 2.45) is 0 Å². The second-order valence-electron chi connectivity index (χ2n) is 2.44. The second kappa shape index (κ2) is 5.18. The number of carbonyl (C=O) groups excluding carboxylic acids is 1. The van der Waals surface area contributed by atoms with Gasteiger partial charge in [-0.1, -0.05) is 0 Å². The molecule has 1 unspecified atom stereocenters. The largest absolute Gasteiger partial charge is 0.450 e. The summed E-state index contributed by atoms with van der Waals surface area (Å²) < 4.78 is 39.5. The summed E-state index contributed by atoms with van der Waals surface area (Å²) in [6.07, 6.45) is -7.19. The van der Waals surface area contributed by atoms with Crippen LogP contribution in [0.25, 0.3) is 0 Å². The molecule has 6 heteroatoms. The van der Waals surface area contributed by atoms with Crippen molar-refractivity contribution < 1.29 is 27.8 Å². The maximum absolute atomic E-state index is 11.6. The number of aliphatic hydroxyl groups excluding tert-OH is 1. The van der Waals surface area contributed by atoms with E-state index >= 15 is 0 Å². The van der Waals surface area contributed by atoms with Gasteiger partial charge >= 0.3 is 6.18 Å². The van der Waals surface area contributed by atoms with Crippen molar-refractivity contribution in [1.82, 2.24) is 0 Å². The molecule has 0 aromatic carbocycles. The Bertz CT molecular complexity index is 167. The minimum absolute atomic E-state index is 0.252. The third-order valence-electron chi connectivity index (χ3n) is 1.25. The Morgan fingerprint density at radius 3 is 2.46 bits per heavy atom. The van der Waals surface area contributed by atoms with E-state index in [1.54, 1.807) is 6.92 Å². The summed E-state index contributed by atoms with van der Waals surface area (Å²) in [5.74, 6) is -1.93. The molecule has 0 aromatic heterocycles. The molecule has 0 aliphatic rings. The lowest BCUT2D eigenvalue weighted by atomic mass is 10.2. The van der Waals surface area contributed by atoms with Crippen LogP contribution in [-0.2, 0) is 9.53 Å². The molecule has 0 saturated carbocycles. The van der Waals surface area contributed by atoms with Gasteiger partial charge < -0.3 is 9.84 Å². The molecule has 0 saturated heterocycles. The van der Waals surface area contributed by atoms with E-state index in [9.17, 15) is 18.0 Å².